The van der Waals surface area contributed by atoms with Gasteiger partial charge in [0.1, 0.15) is 0 Å². The summed E-state index contributed by atoms with van der Waals surface area (Å²) in [6.07, 6.45) is 8.18. The second kappa shape index (κ2) is 4.78. The third-order valence-electron chi connectivity index (χ3n) is 1.73. The van der Waals surface area contributed by atoms with Crippen LogP contribution in [0.2, 0.25) is 0 Å². The maximum absolute atomic E-state index is 3.31. The van der Waals surface area contributed by atoms with Gasteiger partial charge in [-0.1, -0.05) is 19.1 Å². The second-order valence-corrected chi connectivity index (χ2v) is 2.85. The van der Waals surface area contributed by atoms with E-state index >= 15 is 0 Å². The van der Waals surface area contributed by atoms with Crippen molar-refractivity contribution < 1.29 is 0 Å². The van der Waals surface area contributed by atoms with Crippen molar-refractivity contribution >= 4 is 6.08 Å². The Morgan fingerprint density at radius 3 is 3.08 bits per heavy atom. The Balaban J connectivity index is 2.40. The molecule has 1 aromatic heterocycles. The zero-order valence-electron chi connectivity index (χ0n) is 7.67. The number of hydrogen-bond acceptors (Lipinski definition) is 1. The minimum atomic E-state index is 0.449. The lowest BCUT2D eigenvalue weighted by molar-refractivity contribution is 0.663. The maximum atomic E-state index is 3.31. The molecule has 0 spiro atoms. The molecule has 0 aliphatic rings. The molecular weight excluding hydrogens is 148 g/mol. The molecule has 0 aliphatic carbocycles. The van der Waals surface area contributed by atoms with Gasteiger partial charge in [0.2, 0.25) is 0 Å². The molecule has 0 aromatic carbocycles. The van der Waals surface area contributed by atoms with Crippen LogP contribution in [0.3, 0.4) is 0 Å². The first-order valence-corrected chi connectivity index (χ1v) is 4.37. The van der Waals surface area contributed by atoms with Gasteiger partial charge >= 0.3 is 0 Å². The minimum absolute atomic E-state index is 0.449. The molecule has 66 valence electrons. The molecular formula is C10H16N2. The van der Waals surface area contributed by atoms with Crippen LogP contribution in [0.5, 0.6) is 0 Å². The molecule has 1 unspecified atom stereocenters. The molecule has 1 atom stereocenters. The first-order valence-electron chi connectivity index (χ1n) is 4.37. The second-order valence-electron chi connectivity index (χ2n) is 2.85. The van der Waals surface area contributed by atoms with Crippen molar-refractivity contribution in [2.24, 2.45) is 0 Å². The molecule has 0 aliphatic heterocycles. The normalized spacial score (nSPS) is 13.8. The van der Waals surface area contributed by atoms with Crippen LogP contribution in [0.4, 0.5) is 0 Å². The third-order valence-corrected chi connectivity index (χ3v) is 1.73. The topological polar surface area (TPSA) is 27.8 Å². The van der Waals surface area contributed by atoms with E-state index in [2.05, 4.69) is 42.4 Å². The zero-order valence-corrected chi connectivity index (χ0v) is 7.67. The van der Waals surface area contributed by atoms with Crippen molar-refractivity contribution in [1.29, 1.82) is 0 Å². The summed E-state index contributed by atoms with van der Waals surface area (Å²) in [7, 11) is 0. The van der Waals surface area contributed by atoms with E-state index in [4.69, 9.17) is 0 Å². The summed E-state index contributed by atoms with van der Waals surface area (Å²) in [4.78, 5) is 3.01. The Morgan fingerprint density at radius 2 is 2.50 bits per heavy atom. The first kappa shape index (κ1) is 9.07. The van der Waals surface area contributed by atoms with Crippen molar-refractivity contribution in [1.82, 2.24) is 10.3 Å². The highest BCUT2D eigenvalue weighted by Gasteiger charge is 1.91. The molecule has 0 radical (unpaired) electrons. The number of aromatic nitrogens is 1. The lowest BCUT2D eigenvalue weighted by Gasteiger charge is -2.04. The van der Waals surface area contributed by atoms with Crippen LogP contribution in [0.25, 0.3) is 6.08 Å². The summed E-state index contributed by atoms with van der Waals surface area (Å²) in [5.74, 6) is 0. The van der Waals surface area contributed by atoms with E-state index in [1.165, 1.54) is 5.56 Å². The smallest absolute Gasteiger partial charge is 0.0224 e. The van der Waals surface area contributed by atoms with Crippen molar-refractivity contribution in [2.75, 3.05) is 6.54 Å². The molecule has 1 aromatic rings. The quantitative estimate of drug-likeness (QED) is 0.700. The van der Waals surface area contributed by atoms with Gasteiger partial charge in [-0.05, 0) is 25.1 Å². The summed E-state index contributed by atoms with van der Waals surface area (Å²) in [6.45, 7) is 5.27. The standard InChI is InChI=1S/C10H16N2/c1-3-12-9(2)4-5-10-6-7-11-8-10/h4-9,11-12H,3H2,1-2H3/b5-4+. The number of likely N-dealkylation sites (N-methyl/N-ethyl adjacent to an activating group) is 1. The number of nitrogens with one attached hydrogen (secondary N) is 2. The molecule has 2 nitrogen and oxygen atoms in total. The van der Waals surface area contributed by atoms with Gasteiger partial charge < -0.3 is 10.3 Å². The lowest BCUT2D eigenvalue weighted by Crippen LogP contribution is -2.22. The maximum Gasteiger partial charge on any atom is 0.0224 e. The van der Waals surface area contributed by atoms with Crippen LogP contribution >= 0.6 is 0 Å². The van der Waals surface area contributed by atoms with Gasteiger partial charge in [-0.25, -0.2) is 0 Å². The summed E-state index contributed by atoms with van der Waals surface area (Å²) < 4.78 is 0. The lowest BCUT2D eigenvalue weighted by atomic mass is 10.2. The predicted molar refractivity (Wildman–Crippen MR) is 53.0 cm³/mol. The van der Waals surface area contributed by atoms with Crippen LogP contribution < -0.4 is 5.32 Å². The summed E-state index contributed by atoms with van der Waals surface area (Å²) in [5.41, 5.74) is 1.22. The van der Waals surface area contributed by atoms with E-state index in [0.717, 1.165) is 6.54 Å². The van der Waals surface area contributed by atoms with E-state index < -0.39 is 0 Å². The van der Waals surface area contributed by atoms with E-state index in [9.17, 15) is 0 Å². The molecule has 1 heterocycles. The molecule has 2 N–H and O–H groups in total. The number of H-pyrrole nitrogens is 1. The molecule has 1 rings (SSSR count). The van der Waals surface area contributed by atoms with E-state index in [-0.39, 0.29) is 0 Å². The average Bonchev–Trinajstić information content (AvgIpc) is 2.53. The number of rotatable bonds is 4. The minimum Gasteiger partial charge on any atom is -0.367 e. The van der Waals surface area contributed by atoms with Crippen molar-refractivity contribution in [3.05, 3.63) is 30.1 Å². The van der Waals surface area contributed by atoms with Gasteiger partial charge in [0, 0.05) is 18.4 Å². The predicted octanol–water partition coefficient (Wildman–Crippen LogP) is 2.03. The third kappa shape index (κ3) is 2.93. The summed E-state index contributed by atoms with van der Waals surface area (Å²) >= 11 is 0. The Kier molecular flexibility index (Phi) is 3.61. The van der Waals surface area contributed by atoms with Crippen molar-refractivity contribution in [2.45, 2.75) is 19.9 Å². The van der Waals surface area contributed by atoms with Gasteiger partial charge in [0.15, 0.2) is 0 Å². The summed E-state index contributed by atoms with van der Waals surface area (Å²) in [6, 6.07) is 2.50. The summed E-state index contributed by atoms with van der Waals surface area (Å²) in [5, 5.41) is 3.31. The van der Waals surface area contributed by atoms with Crippen LogP contribution in [0.1, 0.15) is 19.4 Å². The number of aromatic amines is 1. The van der Waals surface area contributed by atoms with Gasteiger partial charge in [-0.2, -0.15) is 0 Å². The largest absolute Gasteiger partial charge is 0.367 e. The van der Waals surface area contributed by atoms with E-state index in [1.807, 2.05) is 12.4 Å². The Bertz CT molecular complexity index is 224. The van der Waals surface area contributed by atoms with Crippen LogP contribution in [-0.2, 0) is 0 Å². The fourth-order valence-corrected chi connectivity index (χ4v) is 1.09. The molecule has 0 bridgehead atoms. The van der Waals surface area contributed by atoms with Crippen molar-refractivity contribution in [3.63, 3.8) is 0 Å². The van der Waals surface area contributed by atoms with Crippen molar-refractivity contribution in [3.8, 4) is 0 Å². The molecule has 0 saturated heterocycles. The van der Waals surface area contributed by atoms with Gasteiger partial charge in [0.05, 0.1) is 0 Å². The fourth-order valence-electron chi connectivity index (χ4n) is 1.09. The highest BCUT2D eigenvalue weighted by molar-refractivity contribution is 5.48. The number of hydrogen-bond donors (Lipinski definition) is 2. The Labute approximate surface area is 73.7 Å². The molecule has 12 heavy (non-hydrogen) atoms. The molecule has 2 heteroatoms. The Hall–Kier alpha value is -1.02. The highest BCUT2D eigenvalue weighted by atomic mass is 14.9. The Morgan fingerprint density at radius 1 is 1.67 bits per heavy atom. The first-order chi connectivity index (χ1) is 5.83. The van der Waals surface area contributed by atoms with Crippen LogP contribution in [-0.4, -0.2) is 17.6 Å². The zero-order chi connectivity index (χ0) is 8.81. The van der Waals surface area contributed by atoms with Gasteiger partial charge in [0.25, 0.3) is 0 Å². The fraction of sp³-hybridized carbons (Fsp3) is 0.400. The molecule has 0 saturated carbocycles. The van der Waals surface area contributed by atoms with E-state index in [1.54, 1.807) is 0 Å². The van der Waals surface area contributed by atoms with Gasteiger partial charge in [-0.3, -0.25) is 0 Å². The monoisotopic (exact) mass is 164 g/mol. The van der Waals surface area contributed by atoms with Crippen LogP contribution in [0, 0.1) is 0 Å². The van der Waals surface area contributed by atoms with E-state index in [0.29, 0.717) is 6.04 Å². The SMILES string of the molecule is CCNC(C)/C=C/c1cc[nH]c1. The average molecular weight is 164 g/mol. The van der Waals surface area contributed by atoms with Crippen LogP contribution in [0.15, 0.2) is 24.5 Å². The highest BCUT2D eigenvalue weighted by Crippen LogP contribution is 2.00. The molecule has 0 fully saturated rings. The molecule has 0 amide bonds. The van der Waals surface area contributed by atoms with Gasteiger partial charge in [-0.15, -0.1) is 0 Å².